The summed E-state index contributed by atoms with van der Waals surface area (Å²) in [6.07, 6.45) is 5.75. The molecule has 7 heteroatoms. The fourth-order valence-corrected chi connectivity index (χ4v) is 1.53. The quantitative estimate of drug-likeness (QED) is 0.304. The van der Waals surface area contributed by atoms with Gasteiger partial charge in [0.2, 0.25) is 5.16 Å². The van der Waals surface area contributed by atoms with Gasteiger partial charge in [-0.05, 0) is 10.4 Å². The highest BCUT2D eigenvalue weighted by Crippen LogP contribution is 2.13. The van der Waals surface area contributed by atoms with Crippen molar-refractivity contribution in [2.24, 2.45) is 0 Å². The summed E-state index contributed by atoms with van der Waals surface area (Å²) in [5.74, 6) is 2.84. The molecular weight excluding hydrogens is 216 g/mol. The number of methoxy groups -OCH3 is 1. The van der Waals surface area contributed by atoms with Crippen LogP contribution in [0.1, 0.15) is 6.42 Å². The smallest absolute Gasteiger partial charge is 0.327 e. The molecule has 0 aliphatic carbocycles. The lowest BCUT2D eigenvalue weighted by Gasteiger charge is -2.01. The average molecular weight is 226 g/mol. The van der Waals surface area contributed by atoms with Gasteiger partial charge in [-0.2, -0.15) is 0 Å². The molecule has 1 heterocycles. The largest absolute Gasteiger partial charge is 0.468 e. The highest BCUT2D eigenvalue weighted by Gasteiger charge is 2.10. The number of rotatable bonds is 5. The van der Waals surface area contributed by atoms with Crippen molar-refractivity contribution >= 4 is 17.7 Å². The van der Waals surface area contributed by atoms with E-state index in [1.807, 2.05) is 0 Å². The molecule has 0 radical (unpaired) electrons. The van der Waals surface area contributed by atoms with E-state index in [1.165, 1.54) is 23.6 Å². The Morgan fingerprint density at radius 2 is 2.53 bits per heavy atom. The van der Waals surface area contributed by atoms with Gasteiger partial charge in [0.15, 0.2) is 0 Å². The Balaban J connectivity index is 2.54. The number of esters is 1. The molecule has 80 valence electrons. The number of thioether (sulfide) groups is 1. The first kappa shape index (κ1) is 11.5. The van der Waals surface area contributed by atoms with Crippen LogP contribution in [0.4, 0.5) is 0 Å². The Bertz CT molecular complexity index is 371. The second-order valence-corrected chi connectivity index (χ2v) is 3.56. The fraction of sp³-hybridized carbons (Fsp3) is 0.500. The molecule has 15 heavy (non-hydrogen) atoms. The summed E-state index contributed by atoms with van der Waals surface area (Å²) < 4.78 is 5.89. The summed E-state index contributed by atoms with van der Waals surface area (Å²) in [6.45, 7) is 0.0158. The highest BCUT2D eigenvalue weighted by molar-refractivity contribution is 7.99. The number of aromatic nitrogens is 4. The number of nitrogens with zero attached hydrogens (tertiary/aromatic N) is 4. The van der Waals surface area contributed by atoms with Crippen molar-refractivity contribution in [3.63, 3.8) is 0 Å². The van der Waals surface area contributed by atoms with Crippen molar-refractivity contribution < 1.29 is 9.53 Å². The minimum absolute atomic E-state index is 0.0158. The van der Waals surface area contributed by atoms with Crippen molar-refractivity contribution in [3.05, 3.63) is 0 Å². The van der Waals surface area contributed by atoms with Gasteiger partial charge in [-0.3, -0.25) is 4.79 Å². The van der Waals surface area contributed by atoms with Crippen LogP contribution < -0.4 is 0 Å². The van der Waals surface area contributed by atoms with E-state index < -0.39 is 0 Å². The molecule has 0 saturated carbocycles. The van der Waals surface area contributed by atoms with Gasteiger partial charge in [0.1, 0.15) is 6.54 Å². The molecule has 0 aliphatic heterocycles. The van der Waals surface area contributed by atoms with Crippen molar-refractivity contribution in [2.75, 3.05) is 12.9 Å². The van der Waals surface area contributed by atoms with Crippen LogP contribution in [0.25, 0.3) is 0 Å². The minimum Gasteiger partial charge on any atom is -0.468 e. The lowest BCUT2D eigenvalue weighted by molar-refractivity contribution is -0.141. The van der Waals surface area contributed by atoms with Crippen LogP contribution in [-0.2, 0) is 16.1 Å². The van der Waals surface area contributed by atoms with E-state index in [0.29, 0.717) is 11.6 Å². The van der Waals surface area contributed by atoms with Crippen LogP contribution in [0.15, 0.2) is 5.16 Å². The maximum Gasteiger partial charge on any atom is 0.327 e. The zero-order valence-electron chi connectivity index (χ0n) is 8.21. The number of terminal acetylenes is 1. The molecule has 0 atom stereocenters. The summed E-state index contributed by atoms with van der Waals surface area (Å²) >= 11 is 1.41. The Morgan fingerprint density at radius 1 is 1.73 bits per heavy atom. The molecule has 0 aromatic carbocycles. The molecule has 1 aromatic rings. The third kappa shape index (κ3) is 3.59. The van der Waals surface area contributed by atoms with Crippen molar-refractivity contribution in [1.82, 2.24) is 20.2 Å². The Labute approximate surface area is 91.4 Å². The molecule has 0 fully saturated rings. The van der Waals surface area contributed by atoms with Crippen LogP contribution >= 0.6 is 11.8 Å². The second-order valence-electron chi connectivity index (χ2n) is 2.50. The molecule has 1 rings (SSSR count). The predicted octanol–water partition coefficient (Wildman–Crippen LogP) is -0.0385. The molecule has 0 saturated heterocycles. The van der Waals surface area contributed by atoms with Crippen LogP contribution in [-0.4, -0.2) is 39.0 Å². The first-order chi connectivity index (χ1) is 7.27. The van der Waals surface area contributed by atoms with Crippen LogP contribution in [0.3, 0.4) is 0 Å². The van der Waals surface area contributed by atoms with E-state index in [1.54, 1.807) is 0 Å². The number of ether oxygens (including phenoxy) is 1. The molecule has 0 aliphatic rings. The van der Waals surface area contributed by atoms with E-state index in [4.69, 9.17) is 6.42 Å². The van der Waals surface area contributed by atoms with Crippen LogP contribution in [0, 0.1) is 12.3 Å². The number of carbonyl (C=O) groups excluding carboxylic acids is 1. The van der Waals surface area contributed by atoms with Gasteiger partial charge in [-0.1, -0.05) is 11.8 Å². The third-order valence-electron chi connectivity index (χ3n) is 1.48. The van der Waals surface area contributed by atoms with Crippen LogP contribution in [0.2, 0.25) is 0 Å². The monoisotopic (exact) mass is 226 g/mol. The van der Waals surface area contributed by atoms with E-state index in [2.05, 4.69) is 26.2 Å². The van der Waals surface area contributed by atoms with E-state index in [0.717, 1.165) is 5.75 Å². The van der Waals surface area contributed by atoms with Crippen molar-refractivity contribution in [1.29, 1.82) is 0 Å². The molecule has 0 bridgehead atoms. The molecule has 0 amide bonds. The topological polar surface area (TPSA) is 69.9 Å². The van der Waals surface area contributed by atoms with E-state index >= 15 is 0 Å². The first-order valence-electron chi connectivity index (χ1n) is 4.17. The maximum atomic E-state index is 11.0. The first-order valence-corrected chi connectivity index (χ1v) is 5.15. The normalized spacial score (nSPS) is 9.60. The lowest BCUT2D eigenvalue weighted by Crippen LogP contribution is -2.13. The number of tetrazole rings is 1. The molecule has 1 aromatic heterocycles. The minimum atomic E-state index is -0.388. The van der Waals surface area contributed by atoms with Crippen molar-refractivity contribution in [3.8, 4) is 12.3 Å². The number of carbonyl (C=O) groups is 1. The highest BCUT2D eigenvalue weighted by atomic mass is 32.2. The second kappa shape index (κ2) is 6.03. The summed E-state index contributed by atoms with van der Waals surface area (Å²) in [5.41, 5.74) is 0. The Kier molecular flexibility index (Phi) is 4.63. The SMILES string of the molecule is C#CCCSc1nnnn1CC(=O)OC. The molecule has 6 nitrogen and oxygen atoms in total. The number of hydrogen-bond acceptors (Lipinski definition) is 6. The van der Waals surface area contributed by atoms with Gasteiger partial charge in [0.25, 0.3) is 0 Å². The summed E-state index contributed by atoms with van der Waals surface area (Å²) in [6, 6.07) is 0. The van der Waals surface area contributed by atoms with Crippen LogP contribution in [0.5, 0.6) is 0 Å². The van der Waals surface area contributed by atoms with E-state index in [9.17, 15) is 4.79 Å². The zero-order valence-corrected chi connectivity index (χ0v) is 9.03. The van der Waals surface area contributed by atoms with Gasteiger partial charge in [0.05, 0.1) is 7.11 Å². The van der Waals surface area contributed by atoms with Gasteiger partial charge in [0, 0.05) is 12.2 Å². The predicted molar refractivity (Wildman–Crippen MR) is 54.0 cm³/mol. The molecule has 0 N–H and O–H groups in total. The van der Waals surface area contributed by atoms with Gasteiger partial charge < -0.3 is 4.74 Å². The maximum absolute atomic E-state index is 11.0. The lowest BCUT2D eigenvalue weighted by atomic mass is 10.5. The zero-order chi connectivity index (χ0) is 11.1. The summed E-state index contributed by atoms with van der Waals surface area (Å²) in [7, 11) is 1.32. The van der Waals surface area contributed by atoms with Gasteiger partial charge in [-0.25, -0.2) is 4.68 Å². The molecule has 0 spiro atoms. The summed E-state index contributed by atoms with van der Waals surface area (Å²) in [4.78, 5) is 11.0. The molecule has 0 unspecified atom stereocenters. The number of hydrogen-bond donors (Lipinski definition) is 0. The Hall–Kier alpha value is -1.55. The van der Waals surface area contributed by atoms with Crippen molar-refractivity contribution in [2.45, 2.75) is 18.1 Å². The fourth-order valence-electron chi connectivity index (χ4n) is 0.787. The standard InChI is InChI=1S/C8H10N4O2S/c1-3-4-5-15-8-9-10-11-12(8)6-7(13)14-2/h1H,4-6H2,2H3. The Morgan fingerprint density at radius 3 is 3.20 bits per heavy atom. The summed E-state index contributed by atoms with van der Waals surface area (Å²) in [5, 5.41) is 11.5. The third-order valence-corrected chi connectivity index (χ3v) is 2.44. The van der Waals surface area contributed by atoms with Gasteiger partial charge in [-0.15, -0.1) is 17.4 Å². The van der Waals surface area contributed by atoms with Gasteiger partial charge >= 0.3 is 5.97 Å². The average Bonchev–Trinajstić information content (AvgIpc) is 2.66. The van der Waals surface area contributed by atoms with E-state index in [-0.39, 0.29) is 12.5 Å². The molecular formula is C8H10N4O2S.